The second-order valence-corrected chi connectivity index (χ2v) is 3.00. The Balaban J connectivity index is 2.97. The van der Waals surface area contributed by atoms with Crippen LogP contribution < -0.4 is 10.5 Å². The molecule has 0 aliphatic carbocycles. The summed E-state index contributed by atoms with van der Waals surface area (Å²) in [5.74, 6) is -1.07. The minimum atomic E-state index is -1.02. The summed E-state index contributed by atoms with van der Waals surface area (Å²) >= 11 is 0. The number of aliphatic hydroxyl groups excluding tert-OH is 1. The number of carbonyl (C=O) groups excluding carboxylic acids is 1. The van der Waals surface area contributed by atoms with E-state index in [1.807, 2.05) is 0 Å². The molecule has 0 amide bonds. The van der Waals surface area contributed by atoms with Crippen molar-refractivity contribution in [3.63, 3.8) is 0 Å². The summed E-state index contributed by atoms with van der Waals surface area (Å²) < 4.78 is 17.9. The van der Waals surface area contributed by atoms with Gasteiger partial charge in [0.15, 0.2) is 17.3 Å². The van der Waals surface area contributed by atoms with Crippen LogP contribution in [0.2, 0.25) is 0 Å². The molecule has 0 saturated heterocycles. The lowest BCUT2D eigenvalue weighted by molar-refractivity contribution is 0.0925. The molecule has 0 fully saturated rings. The first-order chi connectivity index (χ1) is 7.10. The summed E-state index contributed by atoms with van der Waals surface area (Å²) in [5.41, 5.74) is 5.44. The summed E-state index contributed by atoms with van der Waals surface area (Å²) in [7, 11) is 1.33. The van der Waals surface area contributed by atoms with Gasteiger partial charge in [0.25, 0.3) is 0 Å². The third kappa shape index (κ3) is 2.51. The van der Waals surface area contributed by atoms with Crippen molar-refractivity contribution in [2.75, 3.05) is 13.7 Å². The average molecular weight is 213 g/mol. The summed E-state index contributed by atoms with van der Waals surface area (Å²) in [6.07, 6.45) is 0. The van der Waals surface area contributed by atoms with Gasteiger partial charge in [0.05, 0.1) is 19.8 Å². The predicted molar refractivity (Wildman–Crippen MR) is 52.3 cm³/mol. The number of halogens is 1. The number of Topliss-reactive ketones (excluding diaryl/α,β-unsaturated/α-hetero) is 1. The first-order valence-corrected chi connectivity index (χ1v) is 4.34. The Bertz CT molecular complexity index is 368. The lowest BCUT2D eigenvalue weighted by Crippen LogP contribution is -2.34. The number of nitrogens with two attached hydrogens (primary N) is 1. The molecule has 0 aliphatic rings. The van der Waals surface area contributed by atoms with E-state index in [2.05, 4.69) is 0 Å². The molecule has 1 atom stereocenters. The maximum Gasteiger partial charge on any atom is 0.181 e. The monoisotopic (exact) mass is 213 g/mol. The van der Waals surface area contributed by atoms with Crippen molar-refractivity contribution < 1.29 is 19.0 Å². The van der Waals surface area contributed by atoms with Crippen molar-refractivity contribution in [2.45, 2.75) is 6.04 Å². The van der Waals surface area contributed by atoms with Crippen LogP contribution >= 0.6 is 0 Å². The molecule has 15 heavy (non-hydrogen) atoms. The smallest absolute Gasteiger partial charge is 0.181 e. The van der Waals surface area contributed by atoms with E-state index in [0.29, 0.717) is 0 Å². The largest absolute Gasteiger partial charge is 0.494 e. The highest BCUT2D eigenvalue weighted by Crippen LogP contribution is 2.18. The van der Waals surface area contributed by atoms with Crippen LogP contribution in [0.15, 0.2) is 18.2 Å². The van der Waals surface area contributed by atoms with Gasteiger partial charge >= 0.3 is 0 Å². The molecule has 1 aromatic carbocycles. The first-order valence-electron chi connectivity index (χ1n) is 4.34. The lowest BCUT2D eigenvalue weighted by atomic mass is 10.1. The molecule has 5 heteroatoms. The average Bonchev–Trinajstić information content (AvgIpc) is 2.26. The molecule has 0 spiro atoms. The van der Waals surface area contributed by atoms with E-state index in [0.717, 1.165) is 6.07 Å². The van der Waals surface area contributed by atoms with E-state index in [4.69, 9.17) is 15.6 Å². The predicted octanol–water partition coefficient (Wildman–Crippen LogP) is 0.337. The van der Waals surface area contributed by atoms with Gasteiger partial charge in [0, 0.05) is 5.56 Å². The number of aliphatic hydroxyl groups is 1. The lowest BCUT2D eigenvalue weighted by Gasteiger charge is -2.08. The van der Waals surface area contributed by atoms with Gasteiger partial charge in [0.2, 0.25) is 0 Å². The number of methoxy groups -OCH3 is 1. The van der Waals surface area contributed by atoms with Crippen LogP contribution in [-0.2, 0) is 0 Å². The maximum atomic E-state index is 13.2. The van der Waals surface area contributed by atoms with Crippen LogP contribution in [0.5, 0.6) is 5.75 Å². The van der Waals surface area contributed by atoms with E-state index in [-0.39, 0.29) is 11.3 Å². The quantitative estimate of drug-likeness (QED) is 0.707. The van der Waals surface area contributed by atoms with Gasteiger partial charge in [-0.2, -0.15) is 0 Å². The molecule has 3 N–H and O–H groups in total. The molecule has 1 aromatic rings. The first kappa shape index (κ1) is 11.6. The Morgan fingerprint density at radius 2 is 2.33 bits per heavy atom. The number of ether oxygens (including phenoxy) is 1. The highest BCUT2D eigenvalue weighted by atomic mass is 19.1. The normalized spacial score (nSPS) is 12.3. The van der Waals surface area contributed by atoms with Gasteiger partial charge in [-0.25, -0.2) is 4.39 Å². The molecular formula is C10H12FNO3. The zero-order valence-electron chi connectivity index (χ0n) is 8.24. The number of carbonyl (C=O) groups is 1. The zero-order valence-corrected chi connectivity index (χ0v) is 8.24. The van der Waals surface area contributed by atoms with Crippen LogP contribution in [0.25, 0.3) is 0 Å². The Labute approximate surface area is 86.5 Å². The molecule has 0 heterocycles. The van der Waals surface area contributed by atoms with Gasteiger partial charge in [-0.1, -0.05) is 0 Å². The molecule has 0 aliphatic heterocycles. The fraction of sp³-hybridized carbons (Fsp3) is 0.300. The SMILES string of the molecule is COc1ccc(C(=O)C(N)CO)cc1F. The van der Waals surface area contributed by atoms with Crippen molar-refractivity contribution in [2.24, 2.45) is 5.73 Å². The van der Waals surface area contributed by atoms with Crippen LogP contribution in [-0.4, -0.2) is 30.6 Å². The van der Waals surface area contributed by atoms with Gasteiger partial charge < -0.3 is 15.6 Å². The molecular weight excluding hydrogens is 201 g/mol. The van der Waals surface area contributed by atoms with Crippen LogP contribution in [0.1, 0.15) is 10.4 Å². The third-order valence-corrected chi connectivity index (χ3v) is 1.97. The second-order valence-electron chi connectivity index (χ2n) is 3.00. The van der Waals surface area contributed by atoms with Crippen LogP contribution in [0, 0.1) is 5.82 Å². The Hall–Kier alpha value is -1.46. The number of benzene rings is 1. The van der Waals surface area contributed by atoms with Crippen LogP contribution in [0.4, 0.5) is 4.39 Å². The Kier molecular flexibility index (Phi) is 3.76. The standard InChI is InChI=1S/C10H12FNO3/c1-15-9-3-2-6(4-7(9)11)10(14)8(12)5-13/h2-4,8,13H,5,12H2,1H3. The topological polar surface area (TPSA) is 72.5 Å². The molecule has 82 valence electrons. The number of hydrogen-bond acceptors (Lipinski definition) is 4. The van der Waals surface area contributed by atoms with Gasteiger partial charge in [0.1, 0.15) is 0 Å². The van der Waals surface area contributed by atoms with E-state index >= 15 is 0 Å². The molecule has 1 rings (SSSR count). The van der Waals surface area contributed by atoms with E-state index in [1.54, 1.807) is 0 Å². The summed E-state index contributed by atoms with van der Waals surface area (Å²) in [4.78, 5) is 11.4. The van der Waals surface area contributed by atoms with Crippen molar-refractivity contribution in [1.29, 1.82) is 0 Å². The molecule has 0 aromatic heterocycles. The van der Waals surface area contributed by atoms with Crippen LogP contribution in [0.3, 0.4) is 0 Å². The van der Waals surface area contributed by atoms with Gasteiger partial charge in [-0.15, -0.1) is 0 Å². The van der Waals surface area contributed by atoms with Gasteiger partial charge in [-0.3, -0.25) is 4.79 Å². The molecule has 0 radical (unpaired) electrons. The maximum absolute atomic E-state index is 13.2. The van der Waals surface area contributed by atoms with Crippen molar-refractivity contribution in [1.82, 2.24) is 0 Å². The Morgan fingerprint density at radius 3 is 2.80 bits per heavy atom. The number of hydrogen-bond donors (Lipinski definition) is 2. The Morgan fingerprint density at radius 1 is 1.67 bits per heavy atom. The summed E-state index contributed by atoms with van der Waals surface area (Å²) in [6, 6.07) is 2.76. The van der Waals surface area contributed by atoms with E-state index in [9.17, 15) is 9.18 Å². The zero-order chi connectivity index (χ0) is 11.4. The molecule has 4 nitrogen and oxygen atoms in total. The van der Waals surface area contributed by atoms with Crippen molar-refractivity contribution in [3.05, 3.63) is 29.6 Å². The number of rotatable bonds is 4. The molecule has 0 saturated carbocycles. The summed E-state index contributed by atoms with van der Waals surface area (Å²) in [5, 5.41) is 8.67. The highest BCUT2D eigenvalue weighted by Gasteiger charge is 2.16. The van der Waals surface area contributed by atoms with Gasteiger partial charge in [-0.05, 0) is 18.2 Å². The van der Waals surface area contributed by atoms with E-state index < -0.39 is 24.2 Å². The molecule has 0 bridgehead atoms. The van der Waals surface area contributed by atoms with E-state index in [1.165, 1.54) is 19.2 Å². The highest BCUT2D eigenvalue weighted by molar-refractivity contribution is 6.00. The second kappa shape index (κ2) is 4.86. The third-order valence-electron chi connectivity index (χ3n) is 1.97. The molecule has 1 unspecified atom stereocenters. The fourth-order valence-electron chi connectivity index (χ4n) is 1.12. The minimum Gasteiger partial charge on any atom is -0.494 e. The summed E-state index contributed by atoms with van der Waals surface area (Å²) in [6.45, 7) is -0.466. The number of ketones is 1. The van der Waals surface area contributed by atoms with Crippen molar-refractivity contribution in [3.8, 4) is 5.75 Å². The van der Waals surface area contributed by atoms with Crippen molar-refractivity contribution >= 4 is 5.78 Å². The minimum absolute atomic E-state index is 0.0594. The fourth-order valence-corrected chi connectivity index (χ4v) is 1.12.